The molecule has 1 aliphatic carbocycles. The summed E-state index contributed by atoms with van der Waals surface area (Å²) in [5, 5.41) is 15.6. The van der Waals surface area contributed by atoms with Crippen molar-refractivity contribution in [3.05, 3.63) is 59.7 Å². The van der Waals surface area contributed by atoms with Crippen molar-refractivity contribution in [2.75, 3.05) is 19.7 Å². The molecule has 0 saturated heterocycles. The molecule has 0 unspecified atom stereocenters. The number of alkyl carbamates (subject to hydrolysis) is 1. The van der Waals surface area contributed by atoms with Crippen LogP contribution in [0.3, 0.4) is 0 Å². The standard InChI is InChI=1S/C23H25N3O6/c1-14(10-20(27)24-11-21(28)25-12-22(29)30)26-23(31)32-13-19-17-8-4-2-6-15(17)16-7-3-5-9-18(16)19/h2-9,14,19H,10-13H2,1H3,(H,24,27)(H,25,28)(H,26,31)(H,29,30)/t14-/m1/s1. The summed E-state index contributed by atoms with van der Waals surface area (Å²) in [4.78, 5) is 46.0. The van der Waals surface area contributed by atoms with Gasteiger partial charge in [-0.2, -0.15) is 0 Å². The molecule has 2 aromatic rings. The van der Waals surface area contributed by atoms with E-state index in [1.54, 1.807) is 6.92 Å². The summed E-state index contributed by atoms with van der Waals surface area (Å²) < 4.78 is 5.44. The van der Waals surface area contributed by atoms with E-state index in [1.165, 1.54) is 0 Å². The summed E-state index contributed by atoms with van der Waals surface area (Å²) in [5.74, 6) is -2.30. The highest BCUT2D eigenvalue weighted by molar-refractivity contribution is 5.87. The number of benzene rings is 2. The van der Waals surface area contributed by atoms with Crippen molar-refractivity contribution < 1.29 is 29.0 Å². The summed E-state index contributed by atoms with van der Waals surface area (Å²) in [6.45, 7) is 0.951. The predicted molar refractivity (Wildman–Crippen MR) is 116 cm³/mol. The molecule has 3 amide bonds. The predicted octanol–water partition coefficient (Wildman–Crippen LogP) is 1.62. The molecular weight excluding hydrogens is 414 g/mol. The molecule has 9 nitrogen and oxygen atoms in total. The number of carboxylic acid groups (broad SMARTS) is 1. The van der Waals surface area contributed by atoms with Crippen molar-refractivity contribution in [2.45, 2.75) is 25.3 Å². The fourth-order valence-electron chi connectivity index (χ4n) is 3.66. The van der Waals surface area contributed by atoms with Crippen LogP contribution in [0.5, 0.6) is 0 Å². The van der Waals surface area contributed by atoms with E-state index in [0.717, 1.165) is 22.3 Å². The Hall–Kier alpha value is -3.88. The molecule has 0 bridgehead atoms. The molecule has 0 aromatic heterocycles. The van der Waals surface area contributed by atoms with Crippen LogP contribution in [-0.4, -0.2) is 54.7 Å². The molecule has 1 aliphatic rings. The number of ether oxygens (including phenoxy) is 1. The number of carbonyl (C=O) groups excluding carboxylic acids is 3. The Morgan fingerprint density at radius 1 is 0.906 bits per heavy atom. The van der Waals surface area contributed by atoms with Crippen LogP contribution in [0.4, 0.5) is 4.79 Å². The highest BCUT2D eigenvalue weighted by atomic mass is 16.5. The van der Waals surface area contributed by atoms with Gasteiger partial charge in [0, 0.05) is 18.4 Å². The zero-order valence-electron chi connectivity index (χ0n) is 17.6. The van der Waals surface area contributed by atoms with E-state index in [0.29, 0.717) is 0 Å². The van der Waals surface area contributed by atoms with E-state index in [-0.39, 0.29) is 25.5 Å². The normalized spacial score (nSPS) is 12.8. The third-order valence-electron chi connectivity index (χ3n) is 5.08. The van der Waals surface area contributed by atoms with Crippen molar-refractivity contribution in [3.8, 4) is 11.1 Å². The maximum absolute atomic E-state index is 12.2. The molecule has 1 atom stereocenters. The largest absolute Gasteiger partial charge is 0.480 e. The molecule has 3 rings (SSSR count). The van der Waals surface area contributed by atoms with Crippen LogP contribution in [0.25, 0.3) is 11.1 Å². The van der Waals surface area contributed by atoms with E-state index in [4.69, 9.17) is 9.84 Å². The van der Waals surface area contributed by atoms with Gasteiger partial charge < -0.3 is 25.8 Å². The first kappa shape index (κ1) is 22.8. The van der Waals surface area contributed by atoms with Crippen LogP contribution >= 0.6 is 0 Å². The van der Waals surface area contributed by atoms with Gasteiger partial charge in [0.2, 0.25) is 11.8 Å². The van der Waals surface area contributed by atoms with E-state index in [2.05, 4.69) is 28.1 Å². The topological polar surface area (TPSA) is 134 Å². The quantitative estimate of drug-likeness (QED) is 0.469. The van der Waals surface area contributed by atoms with Gasteiger partial charge in [0.25, 0.3) is 0 Å². The first-order valence-corrected chi connectivity index (χ1v) is 10.2. The number of carboxylic acids is 1. The SMILES string of the molecule is C[C@H](CC(=O)NCC(=O)NCC(=O)O)NC(=O)OCC1c2ccccc2-c2ccccc21. The van der Waals surface area contributed by atoms with Crippen LogP contribution in [0.1, 0.15) is 30.4 Å². The molecule has 0 fully saturated rings. The van der Waals surface area contributed by atoms with E-state index in [9.17, 15) is 19.2 Å². The van der Waals surface area contributed by atoms with Crippen LogP contribution < -0.4 is 16.0 Å². The Labute approximate surface area is 185 Å². The molecule has 0 aliphatic heterocycles. The van der Waals surface area contributed by atoms with Gasteiger partial charge >= 0.3 is 12.1 Å². The highest BCUT2D eigenvalue weighted by Crippen LogP contribution is 2.44. The van der Waals surface area contributed by atoms with Crippen LogP contribution in [-0.2, 0) is 19.1 Å². The van der Waals surface area contributed by atoms with Gasteiger partial charge in [0.1, 0.15) is 13.2 Å². The second-order valence-corrected chi connectivity index (χ2v) is 7.52. The highest BCUT2D eigenvalue weighted by Gasteiger charge is 2.29. The second-order valence-electron chi connectivity index (χ2n) is 7.52. The average molecular weight is 439 g/mol. The molecule has 0 saturated carbocycles. The fraction of sp³-hybridized carbons (Fsp3) is 0.304. The van der Waals surface area contributed by atoms with Crippen LogP contribution in [0.2, 0.25) is 0 Å². The zero-order valence-corrected chi connectivity index (χ0v) is 17.6. The van der Waals surface area contributed by atoms with Gasteiger partial charge in [0.05, 0.1) is 6.54 Å². The van der Waals surface area contributed by atoms with E-state index >= 15 is 0 Å². The molecule has 4 N–H and O–H groups in total. The maximum Gasteiger partial charge on any atom is 0.407 e. The summed E-state index contributed by atoms with van der Waals surface area (Å²) in [6.07, 6.45) is -0.692. The molecular formula is C23H25N3O6. The third kappa shape index (κ3) is 5.84. The molecule has 0 spiro atoms. The van der Waals surface area contributed by atoms with Crippen molar-refractivity contribution in [1.29, 1.82) is 0 Å². The first-order chi connectivity index (χ1) is 15.3. The fourth-order valence-corrected chi connectivity index (χ4v) is 3.66. The minimum atomic E-state index is -1.18. The van der Waals surface area contributed by atoms with Crippen molar-refractivity contribution in [1.82, 2.24) is 16.0 Å². The van der Waals surface area contributed by atoms with E-state index < -0.39 is 36.5 Å². The molecule has 2 aromatic carbocycles. The monoisotopic (exact) mass is 439 g/mol. The second kappa shape index (κ2) is 10.4. The first-order valence-electron chi connectivity index (χ1n) is 10.2. The Morgan fingerprint density at radius 3 is 2.06 bits per heavy atom. The molecule has 32 heavy (non-hydrogen) atoms. The van der Waals surface area contributed by atoms with Crippen molar-refractivity contribution >= 4 is 23.9 Å². The minimum absolute atomic E-state index is 0.0591. The van der Waals surface area contributed by atoms with Crippen molar-refractivity contribution in [3.63, 3.8) is 0 Å². The van der Waals surface area contributed by atoms with Gasteiger partial charge in [0.15, 0.2) is 0 Å². The molecule has 168 valence electrons. The Balaban J connectivity index is 1.45. The maximum atomic E-state index is 12.2. The molecule has 0 heterocycles. The number of hydrogen-bond donors (Lipinski definition) is 4. The van der Waals surface area contributed by atoms with Gasteiger partial charge in [-0.25, -0.2) is 4.79 Å². The third-order valence-corrected chi connectivity index (χ3v) is 5.08. The number of amides is 3. The number of hydrogen-bond acceptors (Lipinski definition) is 5. The number of rotatable bonds is 9. The van der Waals surface area contributed by atoms with Gasteiger partial charge in [-0.15, -0.1) is 0 Å². The molecule has 9 heteroatoms. The summed E-state index contributed by atoms with van der Waals surface area (Å²) >= 11 is 0. The lowest BCUT2D eigenvalue weighted by Crippen LogP contribution is -2.42. The lowest BCUT2D eigenvalue weighted by Gasteiger charge is -2.17. The summed E-state index contributed by atoms with van der Waals surface area (Å²) in [6, 6.07) is 15.5. The van der Waals surface area contributed by atoms with Gasteiger partial charge in [-0.1, -0.05) is 48.5 Å². The van der Waals surface area contributed by atoms with Crippen LogP contribution in [0, 0.1) is 0 Å². The average Bonchev–Trinajstić information content (AvgIpc) is 3.08. The lowest BCUT2D eigenvalue weighted by molar-refractivity contribution is -0.137. The van der Waals surface area contributed by atoms with Crippen molar-refractivity contribution in [2.24, 2.45) is 0 Å². The van der Waals surface area contributed by atoms with Gasteiger partial charge in [-0.3, -0.25) is 14.4 Å². The Bertz CT molecular complexity index is 977. The number of carbonyl (C=O) groups is 4. The Morgan fingerprint density at radius 2 is 1.47 bits per heavy atom. The summed E-state index contributed by atoms with van der Waals surface area (Å²) in [5.41, 5.74) is 4.48. The smallest absolute Gasteiger partial charge is 0.407 e. The zero-order chi connectivity index (χ0) is 23.1. The van der Waals surface area contributed by atoms with E-state index in [1.807, 2.05) is 36.4 Å². The minimum Gasteiger partial charge on any atom is -0.480 e. The molecule has 0 radical (unpaired) electrons. The van der Waals surface area contributed by atoms with Gasteiger partial charge in [-0.05, 0) is 29.2 Å². The lowest BCUT2D eigenvalue weighted by atomic mass is 9.98. The number of nitrogens with one attached hydrogen (secondary N) is 3. The number of aliphatic carboxylic acids is 1. The number of fused-ring (bicyclic) bond motifs is 3. The van der Waals surface area contributed by atoms with Crippen LogP contribution in [0.15, 0.2) is 48.5 Å². The Kier molecular flexibility index (Phi) is 7.43. The summed E-state index contributed by atoms with van der Waals surface area (Å²) in [7, 11) is 0.